The lowest BCUT2D eigenvalue weighted by Crippen LogP contribution is -2.25. The second kappa shape index (κ2) is 9.31. The van der Waals surface area contributed by atoms with Crippen LogP contribution < -0.4 is 16.8 Å². The van der Waals surface area contributed by atoms with Gasteiger partial charge in [-0.3, -0.25) is 9.59 Å². The fraction of sp³-hybridized carbons (Fsp3) is 0.286. The minimum atomic E-state index is -0.954. The van der Waals surface area contributed by atoms with Crippen LogP contribution in [0.2, 0.25) is 0 Å². The van der Waals surface area contributed by atoms with Crippen LogP contribution in [0, 0.1) is 0 Å². The number of carboxylic acids is 1. The zero-order valence-corrected chi connectivity index (χ0v) is 16.1. The standard InChI is InChI=1S/C21H25N5O3/c22-9-1-11-26-18-7-6-16(21(29)24-10-8-19(27)28)12-17(18)25-20(26)15-4-2-14(13-23)3-5-15/h2-7,12H,1,8-11,13,22-23H2,(H,24,29)(H,27,28). The number of carbonyl (C=O) groups excluding carboxylic acids is 1. The van der Waals surface area contributed by atoms with Crippen LogP contribution in [0.4, 0.5) is 0 Å². The quantitative estimate of drug-likeness (QED) is 0.435. The van der Waals surface area contributed by atoms with E-state index in [0.29, 0.717) is 30.7 Å². The lowest BCUT2D eigenvalue weighted by molar-refractivity contribution is -0.136. The molecule has 0 unspecified atom stereocenters. The number of hydrogen-bond acceptors (Lipinski definition) is 5. The summed E-state index contributed by atoms with van der Waals surface area (Å²) in [4.78, 5) is 27.7. The van der Waals surface area contributed by atoms with E-state index in [4.69, 9.17) is 21.6 Å². The third-order valence-electron chi connectivity index (χ3n) is 4.67. The molecule has 8 nitrogen and oxygen atoms in total. The highest BCUT2D eigenvalue weighted by molar-refractivity contribution is 5.98. The van der Waals surface area contributed by atoms with Gasteiger partial charge in [-0.1, -0.05) is 24.3 Å². The molecule has 3 rings (SSSR count). The van der Waals surface area contributed by atoms with E-state index in [2.05, 4.69) is 9.88 Å². The maximum absolute atomic E-state index is 12.3. The van der Waals surface area contributed by atoms with E-state index < -0.39 is 5.97 Å². The molecule has 1 amide bonds. The summed E-state index contributed by atoms with van der Waals surface area (Å²) in [5, 5.41) is 11.3. The number of amides is 1. The Bertz CT molecular complexity index is 1010. The van der Waals surface area contributed by atoms with E-state index in [1.54, 1.807) is 12.1 Å². The predicted octanol–water partition coefficient (Wildman–Crippen LogP) is 1.72. The minimum absolute atomic E-state index is 0.0793. The molecule has 1 heterocycles. The SMILES string of the molecule is NCCCn1c(-c2ccc(CN)cc2)nc2cc(C(=O)NCCC(=O)O)ccc21. The topological polar surface area (TPSA) is 136 Å². The summed E-state index contributed by atoms with van der Waals surface area (Å²) < 4.78 is 2.10. The lowest BCUT2D eigenvalue weighted by atomic mass is 10.1. The molecule has 0 radical (unpaired) electrons. The summed E-state index contributed by atoms with van der Waals surface area (Å²) in [5.74, 6) is -0.469. The number of carbonyl (C=O) groups is 2. The van der Waals surface area contributed by atoms with Crippen LogP contribution in [0.15, 0.2) is 42.5 Å². The number of nitrogens with one attached hydrogen (secondary N) is 1. The molecule has 0 bridgehead atoms. The second-order valence-electron chi connectivity index (χ2n) is 6.73. The Morgan fingerprint density at radius 3 is 2.52 bits per heavy atom. The molecule has 0 aliphatic rings. The van der Waals surface area contributed by atoms with Gasteiger partial charge in [0.05, 0.1) is 17.5 Å². The van der Waals surface area contributed by atoms with Gasteiger partial charge in [-0.15, -0.1) is 0 Å². The lowest BCUT2D eigenvalue weighted by Gasteiger charge is -2.09. The monoisotopic (exact) mass is 395 g/mol. The minimum Gasteiger partial charge on any atom is -0.481 e. The van der Waals surface area contributed by atoms with Crippen LogP contribution in [0.1, 0.15) is 28.8 Å². The zero-order valence-electron chi connectivity index (χ0n) is 16.1. The normalized spacial score (nSPS) is 11.0. The van der Waals surface area contributed by atoms with Gasteiger partial charge in [0.1, 0.15) is 5.82 Å². The average Bonchev–Trinajstić information content (AvgIpc) is 3.09. The van der Waals surface area contributed by atoms with E-state index in [9.17, 15) is 9.59 Å². The first-order valence-corrected chi connectivity index (χ1v) is 9.53. The first-order chi connectivity index (χ1) is 14.0. The van der Waals surface area contributed by atoms with Gasteiger partial charge in [-0.2, -0.15) is 0 Å². The molecule has 0 saturated carbocycles. The molecule has 29 heavy (non-hydrogen) atoms. The van der Waals surface area contributed by atoms with Crippen molar-refractivity contribution in [2.45, 2.75) is 25.9 Å². The van der Waals surface area contributed by atoms with Gasteiger partial charge < -0.3 is 26.5 Å². The molecular formula is C21H25N5O3. The first-order valence-electron chi connectivity index (χ1n) is 9.53. The number of carboxylic acid groups (broad SMARTS) is 1. The molecule has 0 aliphatic carbocycles. The molecule has 152 valence electrons. The molecule has 0 spiro atoms. The van der Waals surface area contributed by atoms with Gasteiger partial charge in [-0.25, -0.2) is 4.98 Å². The zero-order chi connectivity index (χ0) is 20.8. The van der Waals surface area contributed by atoms with Crippen LogP contribution in [-0.4, -0.2) is 39.6 Å². The van der Waals surface area contributed by atoms with Crippen LogP contribution in [0.5, 0.6) is 0 Å². The average molecular weight is 395 g/mol. The number of hydrogen-bond donors (Lipinski definition) is 4. The van der Waals surface area contributed by atoms with Gasteiger partial charge in [0.25, 0.3) is 5.91 Å². The predicted molar refractivity (Wildman–Crippen MR) is 111 cm³/mol. The summed E-state index contributed by atoms with van der Waals surface area (Å²) in [5.41, 5.74) is 15.4. The molecular weight excluding hydrogens is 370 g/mol. The van der Waals surface area contributed by atoms with Crippen molar-refractivity contribution < 1.29 is 14.7 Å². The van der Waals surface area contributed by atoms with Crippen molar-refractivity contribution in [3.63, 3.8) is 0 Å². The highest BCUT2D eigenvalue weighted by Crippen LogP contribution is 2.26. The summed E-state index contributed by atoms with van der Waals surface area (Å²) >= 11 is 0. The van der Waals surface area contributed by atoms with Crippen molar-refractivity contribution in [3.05, 3.63) is 53.6 Å². The van der Waals surface area contributed by atoms with Crippen molar-refractivity contribution in [1.29, 1.82) is 0 Å². The Balaban J connectivity index is 1.95. The molecule has 2 aromatic carbocycles. The Labute approximate surface area is 168 Å². The molecule has 1 aromatic heterocycles. The number of aliphatic carboxylic acids is 1. The van der Waals surface area contributed by atoms with E-state index in [0.717, 1.165) is 28.9 Å². The molecule has 0 fully saturated rings. The van der Waals surface area contributed by atoms with Crippen molar-refractivity contribution in [2.75, 3.05) is 13.1 Å². The number of aromatic nitrogens is 2. The number of aryl methyl sites for hydroxylation is 1. The molecule has 0 saturated heterocycles. The molecule has 3 aromatic rings. The van der Waals surface area contributed by atoms with Crippen LogP contribution in [-0.2, 0) is 17.9 Å². The number of imidazole rings is 1. The van der Waals surface area contributed by atoms with E-state index in [1.165, 1.54) is 0 Å². The van der Waals surface area contributed by atoms with Gasteiger partial charge >= 0.3 is 5.97 Å². The number of nitrogens with zero attached hydrogens (tertiary/aromatic N) is 2. The molecule has 0 aliphatic heterocycles. The van der Waals surface area contributed by atoms with Crippen LogP contribution >= 0.6 is 0 Å². The molecule has 0 atom stereocenters. The Morgan fingerprint density at radius 2 is 1.86 bits per heavy atom. The third kappa shape index (κ3) is 4.79. The van der Waals surface area contributed by atoms with Gasteiger partial charge in [0, 0.05) is 30.8 Å². The fourth-order valence-corrected chi connectivity index (χ4v) is 3.14. The van der Waals surface area contributed by atoms with Crippen molar-refractivity contribution in [1.82, 2.24) is 14.9 Å². The Morgan fingerprint density at radius 1 is 1.10 bits per heavy atom. The van der Waals surface area contributed by atoms with Crippen molar-refractivity contribution in [3.8, 4) is 11.4 Å². The van der Waals surface area contributed by atoms with E-state index >= 15 is 0 Å². The number of fused-ring (bicyclic) bond motifs is 1. The highest BCUT2D eigenvalue weighted by atomic mass is 16.4. The molecule has 6 N–H and O–H groups in total. The van der Waals surface area contributed by atoms with E-state index in [-0.39, 0.29) is 18.9 Å². The summed E-state index contributed by atoms with van der Waals surface area (Å²) in [7, 11) is 0. The van der Waals surface area contributed by atoms with Gasteiger partial charge in [-0.05, 0) is 36.7 Å². The van der Waals surface area contributed by atoms with E-state index in [1.807, 2.05) is 30.3 Å². The number of benzene rings is 2. The van der Waals surface area contributed by atoms with Crippen LogP contribution in [0.25, 0.3) is 22.4 Å². The number of nitrogens with two attached hydrogens (primary N) is 2. The first kappa shape index (κ1) is 20.5. The Hall–Kier alpha value is -3.23. The number of rotatable bonds is 9. The third-order valence-corrected chi connectivity index (χ3v) is 4.67. The fourth-order valence-electron chi connectivity index (χ4n) is 3.14. The van der Waals surface area contributed by atoms with Crippen molar-refractivity contribution in [2.24, 2.45) is 11.5 Å². The maximum atomic E-state index is 12.3. The molecule has 8 heteroatoms. The van der Waals surface area contributed by atoms with Gasteiger partial charge in [0.2, 0.25) is 0 Å². The van der Waals surface area contributed by atoms with Crippen molar-refractivity contribution >= 4 is 22.9 Å². The summed E-state index contributed by atoms with van der Waals surface area (Å²) in [6, 6.07) is 13.2. The smallest absolute Gasteiger partial charge is 0.305 e. The van der Waals surface area contributed by atoms with Crippen LogP contribution in [0.3, 0.4) is 0 Å². The van der Waals surface area contributed by atoms with Gasteiger partial charge in [0.15, 0.2) is 0 Å². The summed E-state index contributed by atoms with van der Waals surface area (Å²) in [6.07, 6.45) is 0.682. The summed E-state index contributed by atoms with van der Waals surface area (Å²) in [6.45, 7) is 1.83. The maximum Gasteiger partial charge on any atom is 0.305 e. The largest absolute Gasteiger partial charge is 0.481 e. The highest BCUT2D eigenvalue weighted by Gasteiger charge is 2.15. The Kier molecular flexibility index (Phi) is 6.58. The second-order valence-corrected chi connectivity index (χ2v) is 6.73.